The molecule has 3 nitrogen and oxygen atoms in total. The Morgan fingerprint density at radius 2 is 1.62 bits per heavy atom. The number of rotatable bonds is 0. The van der Waals surface area contributed by atoms with Gasteiger partial charge in [0.1, 0.15) is 5.03 Å². The van der Waals surface area contributed by atoms with Gasteiger partial charge in [0, 0.05) is 11.1 Å². The quantitative estimate of drug-likeness (QED) is 0.559. The second-order valence-electron chi connectivity index (χ2n) is 4.06. The topological polar surface area (TPSA) is 37.4 Å². The van der Waals surface area contributed by atoms with E-state index in [2.05, 4.69) is 0 Å². The number of hydrogen-bond acceptors (Lipinski definition) is 2. The lowest BCUT2D eigenvalue weighted by atomic mass is 10.1. The molecule has 0 unspecified atom stereocenters. The number of carbonyl (C=O) groups is 2. The molecule has 2 amide bonds. The van der Waals surface area contributed by atoms with Crippen molar-refractivity contribution in [1.29, 1.82) is 0 Å². The van der Waals surface area contributed by atoms with Crippen molar-refractivity contribution in [1.82, 2.24) is 4.90 Å². The minimum absolute atomic E-state index is 0.0416. The highest BCUT2D eigenvalue weighted by Crippen LogP contribution is 2.29. The molecule has 0 aromatic carbocycles. The van der Waals surface area contributed by atoms with E-state index in [1.54, 1.807) is 27.7 Å². The summed E-state index contributed by atoms with van der Waals surface area (Å²) >= 11 is 5.68. The third kappa shape index (κ3) is 1.48. The second kappa shape index (κ2) is 2.84. The van der Waals surface area contributed by atoms with Crippen LogP contribution >= 0.6 is 11.6 Å². The SMILES string of the molecule is CC1=C(Cl)C(=O)N(C(C)(C)C)C1=O. The Morgan fingerprint density at radius 1 is 1.15 bits per heavy atom. The normalized spacial score (nSPS) is 19.0. The molecule has 0 aromatic rings. The Hall–Kier alpha value is -0.830. The first-order valence-corrected chi connectivity index (χ1v) is 4.40. The maximum absolute atomic E-state index is 11.5. The molecule has 0 spiro atoms. The van der Waals surface area contributed by atoms with Crippen LogP contribution in [0, 0.1) is 0 Å². The molecule has 0 aliphatic carbocycles. The molecular formula is C9H12ClNO2. The Labute approximate surface area is 82.3 Å². The summed E-state index contributed by atoms with van der Waals surface area (Å²) in [6.07, 6.45) is 0. The first-order valence-electron chi connectivity index (χ1n) is 4.02. The summed E-state index contributed by atoms with van der Waals surface area (Å²) in [6.45, 7) is 6.96. The van der Waals surface area contributed by atoms with Gasteiger partial charge in [-0.2, -0.15) is 0 Å². The van der Waals surface area contributed by atoms with Gasteiger partial charge in [-0.25, -0.2) is 0 Å². The molecule has 4 heteroatoms. The van der Waals surface area contributed by atoms with E-state index in [1.807, 2.05) is 0 Å². The van der Waals surface area contributed by atoms with Crippen LogP contribution < -0.4 is 0 Å². The highest BCUT2D eigenvalue weighted by molar-refractivity contribution is 6.47. The molecule has 0 bridgehead atoms. The first-order chi connectivity index (χ1) is 5.76. The van der Waals surface area contributed by atoms with E-state index >= 15 is 0 Å². The van der Waals surface area contributed by atoms with E-state index in [0.29, 0.717) is 5.57 Å². The van der Waals surface area contributed by atoms with E-state index in [-0.39, 0.29) is 10.9 Å². The van der Waals surface area contributed by atoms with Gasteiger partial charge in [-0.05, 0) is 27.7 Å². The molecule has 0 saturated heterocycles. The van der Waals surface area contributed by atoms with Crippen molar-refractivity contribution in [3.05, 3.63) is 10.6 Å². The Kier molecular flexibility index (Phi) is 2.24. The van der Waals surface area contributed by atoms with Crippen LogP contribution in [0.15, 0.2) is 10.6 Å². The van der Waals surface area contributed by atoms with Crippen LogP contribution in [0.4, 0.5) is 0 Å². The zero-order valence-corrected chi connectivity index (χ0v) is 8.90. The molecule has 0 aromatic heterocycles. The van der Waals surface area contributed by atoms with E-state index in [4.69, 9.17) is 11.6 Å². The predicted octanol–water partition coefficient (Wildman–Crippen LogP) is 1.67. The lowest BCUT2D eigenvalue weighted by molar-refractivity contribution is -0.142. The van der Waals surface area contributed by atoms with Crippen LogP contribution in [0.25, 0.3) is 0 Å². The molecule has 72 valence electrons. The smallest absolute Gasteiger partial charge is 0.269 e. The van der Waals surface area contributed by atoms with Gasteiger partial charge in [0.15, 0.2) is 0 Å². The van der Waals surface area contributed by atoms with E-state index in [9.17, 15) is 9.59 Å². The predicted molar refractivity (Wildman–Crippen MR) is 50.2 cm³/mol. The molecule has 1 aliphatic heterocycles. The summed E-state index contributed by atoms with van der Waals surface area (Å²) in [5.41, 5.74) is -0.173. The average Bonchev–Trinajstić information content (AvgIpc) is 2.14. The third-order valence-electron chi connectivity index (χ3n) is 1.91. The number of carbonyl (C=O) groups excluding carboxylic acids is 2. The number of hydrogen-bond donors (Lipinski definition) is 0. The van der Waals surface area contributed by atoms with E-state index < -0.39 is 11.4 Å². The monoisotopic (exact) mass is 201 g/mol. The minimum atomic E-state index is -0.508. The van der Waals surface area contributed by atoms with Crippen LogP contribution in [0.3, 0.4) is 0 Å². The van der Waals surface area contributed by atoms with Crippen molar-refractivity contribution >= 4 is 23.4 Å². The summed E-state index contributed by atoms with van der Waals surface area (Å²) in [6, 6.07) is 0. The van der Waals surface area contributed by atoms with Crippen molar-refractivity contribution in [3.8, 4) is 0 Å². The summed E-state index contributed by atoms with van der Waals surface area (Å²) in [7, 11) is 0. The molecule has 0 atom stereocenters. The third-order valence-corrected chi connectivity index (χ3v) is 2.36. The summed E-state index contributed by atoms with van der Waals surface area (Å²) in [5.74, 6) is -0.681. The fourth-order valence-corrected chi connectivity index (χ4v) is 1.39. The summed E-state index contributed by atoms with van der Waals surface area (Å²) < 4.78 is 0. The van der Waals surface area contributed by atoms with Gasteiger partial charge < -0.3 is 0 Å². The van der Waals surface area contributed by atoms with E-state index in [1.165, 1.54) is 4.90 Å². The largest absolute Gasteiger partial charge is 0.273 e. The van der Waals surface area contributed by atoms with Crippen LogP contribution in [0.2, 0.25) is 0 Å². The molecule has 13 heavy (non-hydrogen) atoms. The molecule has 0 N–H and O–H groups in total. The average molecular weight is 202 g/mol. The molecule has 1 rings (SSSR count). The maximum atomic E-state index is 11.5. The molecule has 0 radical (unpaired) electrons. The van der Waals surface area contributed by atoms with Crippen LogP contribution in [0.1, 0.15) is 27.7 Å². The molecule has 1 heterocycles. The zero-order chi connectivity index (χ0) is 10.4. The molecule has 1 aliphatic rings. The number of nitrogens with zero attached hydrogens (tertiary/aromatic N) is 1. The second-order valence-corrected chi connectivity index (χ2v) is 4.43. The van der Waals surface area contributed by atoms with Crippen molar-refractivity contribution in [2.24, 2.45) is 0 Å². The summed E-state index contributed by atoms with van der Waals surface area (Å²) in [4.78, 5) is 24.2. The zero-order valence-electron chi connectivity index (χ0n) is 8.14. The van der Waals surface area contributed by atoms with Gasteiger partial charge in [-0.3, -0.25) is 14.5 Å². The fourth-order valence-electron chi connectivity index (χ4n) is 1.22. The lowest BCUT2D eigenvalue weighted by Gasteiger charge is -2.29. The Morgan fingerprint density at radius 3 is 1.77 bits per heavy atom. The van der Waals surface area contributed by atoms with Gasteiger partial charge in [-0.1, -0.05) is 11.6 Å². The highest BCUT2D eigenvalue weighted by atomic mass is 35.5. The molecular weight excluding hydrogens is 190 g/mol. The van der Waals surface area contributed by atoms with Crippen molar-refractivity contribution < 1.29 is 9.59 Å². The summed E-state index contributed by atoms with van der Waals surface area (Å²) in [5, 5.41) is 0.0416. The van der Waals surface area contributed by atoms with Gasteiger partial charge in [0.2, 0.25) is 0 Å². The standard InChI is InChI=1S/C9H12ClNO2/c1-5-6(10)8(13)11(7(5)12)9(2,3)4/h1-4H3. The number of halogens is 1. The van der Waals surface area contributed by atoms with Crippen LogP contribution in [-0.4, -0.2) is 22.3 Å². The van der Waals surface area contributed by atoms with Crippen LogP contribution in [0.5, 0.6) is 0 Å². The fraction of sp³-hybridized carbons (Fsp3) is 0.556. The van der Waals surface area contributed by atoms with E-state index in [0.717, 1.165) is 0 Å². The van der Waals surface area contributed by atoms with Gasteiger partial charge in [-0.15, -0.1) is 0 Å². The lowest BCUT2D eigenvalue weighted by Crippen LogP contribution is -2.46. The minimum Gasteiger partial charge on any atom is -0.269 e. The first kappa shape index (κ1) is 10.3. The van der Waals surface area contributed by atoms with Gasteiger partial charge in [0.05, 0.1) is 0 Å². The van der Waals surface area contributed by atoms with Crippen molar-refractivity contribution in [3.63, 3.8) is 0 Å². The van der Waals surface area contributed by atoms with Gasteiger partial charge >= 0.3 is 0 Å². The number of amides is 2. The maximum Gasteiger partial charge on any atom is 0.273 e. The highest BCUT2D eigenvalue weighted by Gasteiger charge is 2.41. The number of imide groups is 1. The Balaban J connectivity index is 3.12. The van der Waals surface area contributed by atoms with Crippen molar-refractivity contribution in [2.75, 3.05) is 0 Å². The molecule has 0 saturated carbocycles. The van der Waals surface area contributed by atoms with Crippen LogP contribution in [-0.2, 0) is 9.59 Å². The van der Waals surface area contributed by atoms with Crippen molar-refractivity contribution in [2.45, 2.75) is 33.2 Å². The molecule has 0 fully saturated rings. The Bertz CT molecular complexity index is 288. The van der Waals surface area contributed by atoms with Gasteiger partial charge in [0.25, 0.3) is 11.8 Å².